The third-order valence-corrected chi connectivity index (χ3v) is 5.45. The van der Waals surface area contributed by atoms with Crippen LogP contribution >= 0.6 is 11.6 Å². The number of nitrogens with two attached hydrogens (primary N) is 1. The van der Waals surface area contributed by atoms with Gasteiger partial charge in [-0.15, -0.1) is 0 Å². The first-order chi connectivity index (χ1) is 14.2. The Bertz CT molecular complexity index is 1190. The van der Waals surface area contributed by atoms with Crippen molar-refractivity contribution in [2.24, 2.45) is 5.92 Å². The highest BCUT2D eigenvalue weighted by molar-refractivity contribution is 6.35. The third kappa shape index (κ3) is 3.61. The van der Waals surface area contributed by atoms with Crippen molar-refractivity contribution in [1.29, 1.82) is 0 Å². The van der Waals surface area contributed by atoms with Gasteiger partial charge < -0.3 is 11.1 Å². The SMILES string of the molecule is Nc1nc(-c2ccccc2)c(-c2cc(Cl)c3ncccc3c2)nc1NCC1CC1. The van der Waals surface area contributed by atoms with Gasteiger partial charge in [-0.1, -0.05) is 48.0 Å². The molecular weight excluding hydrogens is 382 g/mol. The van der Waals surface area contributed by atoms with E-state index in [1.807, 2.05) is 54.6 Å². The van der Waals surface area contributed by atoms with Crippen molar-refractivity contribution in [2.45, 2.75) is 12.8 Å². The maximum Gasteiger partial charge on any atom is 0.169 e. The van der Waals surface area contributed by atoms with E-state index >= 15 is 0 Å². The first kappa shape index (κ1) is 17.9. The van der Waals surface area contributed by atoms with Crippen molar-refractivity contribution in [3.05, 3.63) is 65.8 Å². The Hall–Kier alpha value is -3.18. The highest BCUT2D eigenvalue weighted by Gasteiger charge is 2.22. The molecule has 2 aromatic carbocycles. The van der Waals surface area contributed by atoms with E-state index in [9.17, 15) is 0 Å². The summed E-state index contributed by atoms with van der Waals surface area (Å²) in [4.78, 5) is 14.0. The molecule has 0 unspecified atom stereocenters. The lowest BCUT2D eigenvalue weighted by molar-refractivity contribution is 0.882. The second kappa shape index (κ2) is 7.33. The van der Waals surface area contributed by atoms with Crippen LogP contribution in [0.2, 0.25) is 5.02 Å². The number of nitrogens with one attached hydrogen (secondary N) is 1. The summed E-state index contributed by atoms with van der Waals surface area (Å²) in [6.07, 6.45) is 4.25. The first-order valence-corrected chi connectivity index (χ1v) is 10.1. The summed E-state index contributed by atoms with van der Waals surface area (Å²) in [6.45, 7) is 0.866. The molecule has 5 rings (SSSR count). The number of nitrogens with zero attached hydrogens (tertiary/aromatic N) is 3. The maximum atomic E-state index is 6.54. The fourth-order valence-corrected chi connectivity index (χ4v) is 3.70. The number of fused-ring (bicyclic) bond motifs is 1. The fourth-order valence-electron chi connectivity index (χ4n) is 3.42. The second-order valence-electron chi connectivity index (χ2n) is 7.38. The van der Waals surface area contributed by atoms with Crippen LogP contribution in [0.3, 0.4) is 0 Å². The minimum atomic E-state index is 0.404. The second-order valence-corrected chi connectivity index (χ2v) is 7.79. The van der Waals surface area contributed by atoms with Crippen molar-refractivity contribution in [1.82, 2.24) is 15.0 Å². The van der Waals surface area contributed by atoms with E-state index in [-0.39, 0.29) is 0 Å². The molecule has 0 aliphatic heterocycles. The molecule has 0 bridgehead atoms. The number of hydrogen-bond acceptors (Lipinski definition) is 5. The Labute approximate surface area is 174 Å². The van der Waals surface area contributed by atoms with Gasteiger partial charge in [-0.05, 0) is 37.0 Å². The first-order valence-electron chi connectivity index (χ1n) is 9.70. The zero-order chi connectivity index (χ0) is 19.8. The van der Waals surface area contributed by atoms with Crippen molar-refractivity contribution in [3.8, 4) is 22.5 Å². The molecule has 0 spiro atoms. The summed E-state index contributed by atoms with van der Waals surface area (Å²) >= 11 is 6.54. The Balaban J connectivity index is 1.69. The molecule has 0 saturated heterocycles. The fraction of sp³-hybridized carbons (Fsp3) is 0.174. The van der Waals surface area contributed by atoms with Crippen molar-refractivity contribution in [2.75, 3.05) is 17.6 Å². The zero-order valence-corrected chi connectivity index (χ0v) is 16.5. The largest absolute Gasteiger partial charge is 0.381 e. The number of nitrogen functional groups attached to an aromatic ring is 1. The molecule has 2 heterocycles. The lowest BCUT2D eigenvalue weighted by Gasteiger charge is -2.15. The molecule has 0 atom stereocenters. The van der Waals surface area contributed by atoms with Gasteiger partial charge in [0.15, 0.2) is 11.6 Å². The van der Waals surface area contributed by atoms with Crippen LogP contribution in [0.4, 0.5) is 11.6 Å². The number of aromatic nitrogens is 3. The molecule has 1 aliphatic carbocycles. The summed E-state index contributed by atoms with van der Waals surface area (Å²) in [5.41, 5.74) is 10.4. The summed E-state index contributed by atoms with van der Waals surface area (Å²) < 4.78 is 0. The molecule has 4 aromatic rings. The van der Waals surface area contributed by atoms with Gasteiger partial charge in [-0.25, -0.2) is 9.97 Å². The van der Waals surface area contributed by atoms with Crippen LogP contribution < -0.4 is 11.1 Å². The van der Waals surface area contributed by atoms with Crippen LogP contribution in [0, 0.1) is 5.92 Å². The van der Waals surface area contributed by atoms with E-state index in [1.54, 1.807) is 6.20 Å². The quantitative estimate of drug-likeness (QED) is 0.467. The molecule has 1 aliphatic rings. The van der Waals surface area contributed by atoms with E-state index < -0.39 is 0 Å². The highest BCUT2D eigenvalue weighted by atomic mass is 35.5. The Kier molecular flexibility index (Phi) is 4.52. The molecule has 3 N–H and O–H groups in total. The topological polar surface area (TPSA) is 76.7 Å². The van der Waals surface area contributed by atoms with Gasteiger partial charge in [-0.3, -0.25) is 4.98 Å². The number of pyridine rings is 1. The molecule has 0 amide bonds. The smallest absolute Gasteiger partial charge is 0.169 e. The lowest BCUT2D eigenvalue weighted by Crippen LogP contribution is -2.10. The molecule has 29 heavy (non-hydrogen) atoms. The minimum absolute atomic E-state index is 0.404. The van der Waals surface area contributed by atoms with Crippen LogP contribution in [-0.4, -0.2) is 21.5 Å². The Morgan fingerprint density at radius 1 is 0.966 bits per heavy atom. The van der Waals surface area contributed by atoms with E-state index in [1.165, 1.54) is 12.8 Å². The van der Waals surface area contributed by atoms with Gasteiger partial charge in [0.05, 0.1) is 21.9 Å². The molecule has 6 heteroatoms. The van der Waals surface area contributed by atoms with Crippen LogP contribution in [0.25, 0.3) is 33.4 Å². The number of rotatable bonds is 5. The molecule has 5 nitrogen and oxygen atoms in total. The lowest BCUT2D eigenvalue weighted by atomic mass is 10.0. The summed E-state index contributed by atoms with van der Waals surface area (Å²) in [5.74, 6) is 1.73. The van der Waals surface area contributed by atoms with Crippen molar-refractivity contribution >= 4 is 34.1 Å². The van der Waals surface area contributed by atoms with Gasteiger partial charge in [0, 0.05) is 29.3 Å². The average molecular weight is 402 g/mol. The highest BCUT2D eigenvalue weighted by Crippen LogP contribution is 2.36. The predicted octanol–water partition coefficient (Wildman–Crippen LogP) is 5.42. The van der Waals surface area contributed by atoms with Crippen LogP contribution in [0.5, 0.6) is 0 Å². The minimum Gasteiger partial charge on any atom is -0.381 e. The van der Waals surface area contributed by atoms with E-state index in [0.717, 1.165) is 40.0 Å². The molecule has 1 saturated carbocycles. The number of hydrogen-bond donors (Lipinski definition) is 2. The van der Waals surface area contributed by atoms with Crippen LogP contribution in [0.1, 0.15) is 12.8 Å². The maximum absolute atomic E-state index is 6.54. The van der Waals surface area contributed by atoms with Gasteiger partial charge in [-0.2, -0.15) is 0 Å². The van der Waals surface area contributed by atoms with Gasteiger partial charge in [0.25, 0.3) is 0 Å². The van der Waals surface area contributed by atoms with Gasteiger partial charge in [0.1, 0.15) is 0 Å². The third-order valence-electron chi connectivity index (χ3n) is 5.16. The molecule has 0 radical (unpaired) electrons. The monoisotopic (exact) mass is 401 g/mol. The predicted molar refractivity (Wildman–Crippen MR) is 119 cm³/mol. The molecule has 144 valence electrons. The summed E-state index contributed by atoms with van der Waals surface area (Å²) in [6, 6.07) is 17.8. The molecule has 1 fully saturated rings. The van der Waals surface area contributed by atoms with E-state index in [2.05, 4.69) is 10.3 Å². The number of benzene rings is 2. The summed E-state index contributed by atoms with van der Waals surface area (Å²) in [7, 11) is 0. The zero-order valence-electron chi connectivity index (χ0n) is 15.8. The normalized spacial score (nSPS) is 13.6. The Morgan fingerprint density at radius 3 is 2.55 bits per heavy atom. The Morgan fingerprint density at radius 2 is 1.76 bits per heavy atom. The van der Waals surface area contributed by atoms with E-state index in [0.29, 0.717) is 22.6 Å². The standard InChI is InChI=1S/C23H20ClN5/c24-18-12-17(11-16-7-4-10-26-19(16)18)21-20(15-5-2-1-3-6-15)28-22(25)23(29-21)27-13-14-8-9-14/h1-7,10-12,14H,8-9,13H2,(H2,25,28)(H,27,29). The number of halogens is 1. The number of anilines is 2. The van der Waals surface area contributed by atoms with Crippen LogP contribution in [-0.2, 0) is 0 Å². The van der Waals surface area contributed by atoms with Crippen molar-refractivity contribution < 1.29 is 0 Å². The summed E-state index contributed by atoms with van der Waals surface area (Å²) in [5, 5.41) is 4.92. The molecule has 2 aromatic heterocycles. The van der Waals surface area contributed by atoms with Crippen molar-refractivity contribution in [3.63, 3.8) is 0 Å². The average Bonchev–Trinajstić information content (AvgIpc) is 3.58. The van der Waals surface area contributed by atoms with Gasteiger partial charge in [0.2, 0.25) is 0 Å². The molecular formula is C23H20ClN5. The van der Waals surface area contributed by atoms with Gasteiger partial charge >= 0.3 is 0 Å². The van der Waals surface area contributed by atoms with Crippen LogP contribution in [0.15, 0.2) is 60.8 Å². The van der Waals surface area contributed by atoms with E-state index in [4.69, 9.17) is 27.3 Å².